The number of aliphatic hydroxyl groups excluding tert-OH is 1. The van der Waals surface area contributed by atoms with E-state index in [9.17, 15) is 5.11 Å². The maximum Gasteiger partial charge on any atom is 0.124 e. The number of ether oxygens (including phenoxy) is 1. The van der Waals surface area contributed by atoms with Crippen LogP contribution < -0.4 is 10.1 Å². The first-order valence-corrected chi connectivity index (χ1v) is 6.95. The van der Waals surface area contributed by atoms with Gasteiger partial charge in [0.05, 0.1) is 13.2 Å². The van der Waals surface area contributed by atoms with E-state index in [4.69, 9.17) is 16.3 Å². The van der Waals surface area contributed by atoms with Crippen LogP contribution >= 0.6 is 11.6 Å². The number of hydrogen-bond acceptors (Lipinski definition) is 3. The van der Waals surface area contributed by atoms with Crippen LogP contribution in [0.4, 0.5) is 5.69 Å². The summed E-state index contributed by atoms with van der Waals surface area (Å²) < 4.78 is 5.46. The molecule has 0 aliphatic heterocycles. The zero-order valence-corrected chi connectivity index (χ0v) is 12.2. The fraction of sp³-hybridized carbons (Fsp3) is 0.250. The minimum absolute atomic E-state index is 0.0359. The molecule has 0 amide bonds. The van der Waals surface area contributed by atoms with Gasteiger partial charge in [0, 0.05) is 22.8 Å². The number of aliphatic hydroxyl groups is 1. The first-order valence-electron chi connectivity index (χ1n) is 6.58. The average Bonchev–Trinajstić information content (AvgIpc) is 2.48. The van der Waals surface area contributed by atoms with Crippen LogP contribution in [0, 0.1) is 0 Å². The molecule has 0 aliphatic carbocycles. The van der Waals surface area contributed by atoms with Crippen molar-refractivity contribution < 1.29 is 9.84 Å². The van der Waals surface area contributed by atoms with Crippen LogP contribution in [0.2, 0.25) is 5.02 Å². The molecule has 106 valence electrons. The van der Waals surface area contributed by atoms with E-state index in [2.05, 4.69) is 5.32 Å². The van der Waals surface area contributed by atoms with Gasteiger partial charge in [0.15, 0.2) is 0 Å². The van der Waals surface area contributed by atoms with Crippen molar-refractivity contribution in [2.45, 2.75) is 20.1 Å². The minimum Gasteiger partial charge on any atom is -0.494 e. The molecule has 0 unspecified atom stereocenters. The van der Waals surface area contributed by atoms with E-state index in [1.807, 2.05) is 49.4 Å². The molecule has 2 aromatic rings. The first kappa shape index (κ1) is 14.7. The molecule has 0 saturated heterocycles. The Balaban J connectivity index is 2.04. The molecule has 3 nitrogen and oxygen atoms in total. The molecule has 2 N–H and O–H groups in total. The highest BCUT2D eigenvalue weighted by Crippen LogP contribution is 2.23. The van der Waals surface area contributed by atoms with Crippen LogP contribution in [0.3, 0.4) is 0 Å². The molecule has 0 saturated carbocycles. The number of anilines is 1. The van der Waals surface area contributed by atoms with Crippen LogP contribution in [-0.4, -0.2) is 11.7 Å². The van der Waals surface area contributed by atoms with Crippen molar-refractivity contribution in [3.05, 3.63) is 58.6 Å². The number of benzene rings is 2. The third kappa shape index (κ3) is 3.89. The van der Waals surface area contributed by atoms with Gasteiger partial charge in [0.1, 0.15) is 5.75 Å². The second kappa shape index (κ2) is 7.17. The van der Waals surface area contributed by atoms with Gasteiger partial charge in [-0.15, -0.1) is 0 Å². The van der Waals surface area contributed by atoms with E-state index in [1.54, 1.807) is 0 Å². The van der Waals surface area contributed by atoms with E-state index in [0.29, 0.717) is 13.2 Å². The Kier molecular flexibility index (Phi) is 5.27. The quantitative estimate of drug-likeness (QED) is 0.849. The number of rotatable bonds is 6. The van der Waals surface area contributed by atoms with Gasteiger partial charge in [0.2, 0.25) is 0 Å². The second-order valence-corrected chi connectivity index (χ2v) is 4.83. The summed E-state index contributed by atoms with van der Waals surface area (Å²) in [6, 6.07) is 13.4. The molecule has 0 radical (unpaired) electrons. The van der Waals surface area contributed by atoms with Crippen molar-refractivity contribution in [1.82, 2.24) is 0 Å². The molecule has 2 rings (SSSR count). The third-order valence-corrected chi connectivity index (χ3v) is 3.19. The van der Waals surface area contributed by atoms with E-state index in [1.165, 1.54) is 0 Å². The summed E-state index contributed by atoms with van der Waals surface area (Å²) in [6.45, 7) is 3.18. The van der Waals surface area contributed by atoms with Gasteiger partial charge in [-0.2, -0.15) is 0 Å². The van der Waals surface area contributed by atoms with Crippen molar-refractivity contribution in [3.8, 4) is 5.75 Å². The number of nitrogens with one attached hydrogen (secondary N) is 1. The van der Waals surface area contributed by atoms with Gasteiger partial charge >= 0.3 is 0 Å². The van der Waals surface area contributed by atoms with Crippen LogP contribution in [0.5, 0.6) is 5.75 Å². The summed E-state index contributed by atoms with van der Waals surface area (Å²) in [5.74, 6) is 0.729. The number of hydrogen-bond donors (Lipinski definition) is 2. The fourth-order valence-corrected chi connectivity index (χ4v) is 2.04. The Labute approximate surface area is 124 Å². The highest BCUT2D eigenvalue weighted by molar-refractivity contribution is 6.30. The van der Waals surface area contributed by atoms with Gasteiger partial charge in [-0.1, -0.05) is 23.7 Å². The van der Waals surface area contributed by atoms with Crippen LogP contribution in [0.25, 0.3) is 0 Å². The van der Waals surface area contributed by atoms with Gasteiger partial charge in [-0.25, -0.2) is 0 Å². The molecule has 2 aromatic carbocycles. The molecule has 0 aliphatic rings. The van der Waals surface area contributed by atoms with E-state index in [0.717, 1.165) is 27.6 Å². The molecule has 0 aromatic heterocycles. The van der Waals surface area contributed by atoms with Crippen molar-refractivity contribution in [3.63, 3.8) is 0 Å². The molecule has 0 spiro atoms. The smallest absolute Gasteiger partial charge is 0.124 e. The van der Waals surface area contributed by atoms with E-state index >= 15 is 0 Å². The Morgan fingerprint density at radius 3 is 2.55 bits per heavy atom. The molecule has 20 heavy (non-hydrogen) atoms. The predicted molar refractivity (Wildman–Crippen MR) is 82.3 cm³/mol. The van der Waals surface area contributed by atoms with Crippen molar-refractivity contribution in [2.24, 2.45) is 0 Å². The van der Waals surface area contributed by atoms with Crippen molar-refractivity contribution in [2.75, 3.05) is 11.9 Å². The normalized spacial score (nSPS) is 10.3. The highest BCUT2D eigenvalue weighted by Gasteiger charge is 2.04. The largest absolute Gasteiger partial charge is 0.494 e. The number of halogens is 1. The highest BCUT2D eigenvalue weighted by atomic mass is 35.5. The first-order chi connectivity index (χ1) is 9.72. The molecular formula is C16H18ClNO2. The lowest BCUT2D eigenvalue weighted by Crippen LogP contribution is -2.02. The van der Waals surface area contributed by atoms with E-state index in [-0.39, 0.29) is 6.61 Å². The summed E-state index contributed by atoms with van der Waals surface area (Å²) in [4.78, 5) is 0. The standard InChI is InChI=1S/C16H18ClNO2/c1-2-20-16-8-7-15(9-13(16)11-19)18-10-12-3-5-14(17)6-4-12/h3-9,18-19H,2,10-11H2,1H3. The summed E-state index contributed by atoms with van der Waals surface area (Å²) in [5.41, 5.74) is 2.88. The molecule has 0 heterocycles. The van der Waals surface area contributed by atoms with Crippen molar-refractivity contribution >= 4 is 17.3 Å². The lowest BCUT2D eigenvalue weighted by atomic mass is 10.1. The minimum atomic E-state index is -0.0359. The topological polar surface area (TPSA) is 41.5 Å². The fourth-order valence-electron chi connectivity index (χ4n) is 1.92. The lowest BCUT2D eigenvalue weighted by Gasteiger charge is -2.12. The van der Waals surface area contributed by atoms with Gasteiger partial charge in [-0.05, 0) is 42.8 Å². The Bertz CT molecular complexity index is 555. The van der Waals surface area contributed by atoms with Gasteiger partial charge < -0.3 is 15.2 Å². The van der Waals surface area contributed by atoms with Gasteiger partial charge in [0.25, 0.3) is 0 Å². The Morgan fingerprint density at radius 1 is 1.15 bits per heavy atom. The zero-order valence-electron chi connectivity index (χ0n) is 11.4. The summed E-state index contributed by atoms with van der Waals surface area (Å²) in [5, 5.41) is 13.4. The van der Waals surface area contributed by atoms with Crippen LogP contribution in [-0.2, 0) is 13.2 Å². The molecule has 0 bridgehead atoms. The lowest BCUT2D eigenvalue weighted by molar-refractivity contribution is 0.267. The average molecular weight is 292 g/mol. The van der Waals surface area contributed by atoms with Crippen LogP contribution in [0.1, 0.15) is 18.1 Å². The molecule has 0 fully saturated rings. The maximum atomic E-state index is 9.36. The van der Waals surface area contributed by atoms with Crippen LogP contribution in [0.15, 0.2) is 42.5 Å². The second-order valence-electron chi connectivity index (χ2n) is 4.39. The molecular weight excluding hydrogens is 274 g/mol. The zero-order chi connectivity index (χ0) is 14.4. The van der Waals surface area contributed by atoms with Gasteiger partial charge in [-0.3, -0.25) is 0 Å². The summed E-state index contributed by atoms with van der Waals surface area (Å²) in [6.07, 6.45) is 0. The molecule has 4 heteroatoms. The maximum absolute atomic E-state index is 9.36. The monoisotopic (exact) mass is 291 g/mol. The van der Waals surface area contributed by atoms with Crippen molar-refractivity contribution in [1.29, 1.82) is 0 Å². The Hall–Kier alpha value is -1.71. The molecule has 0 atom stereocenters. The summed E-state index contributed by atoms with van der Waals surface area (Å²) in [7, 11) is 0. The SMILES string of the molecule is CCOc1ccc(NCc2ccc(Cl)cc2)cc1CO. The third-order valence-electron chi connectivity index (χ3n) is 2.94. The van der Waals surface area contributed by atoms with E-state index < -0.39 is 0 Å². The predicted octanol–water partition coefficient (Wildman–Crippen LogP) is 3.84. The Morgan fingerprint density at radius 2 is 1.90 bits per heavy atom. The summed E-state index contributed by atoms with van der Waals surface area (Å²) >= 11 is 5.85.